The highest BCUT2D eigenvalue weighted by Gasteiger charge is 2.43. The molecule has 2 aromatic carbocycles. The molecule has 35 heavy (non-hydrogen) atoms. The van der Waals surface area contributed by atoms with Gasteiger partial charge in [-0.05, 0) is 99.1 Å². The fraction of sp³-hybridized carbons (Fsp3) is 0.241. The number of nitrogens with one attached hydrogen (secondary N) is 1. The van der Waals surface area contributed by atoms with Gasteiger partial charge in [0.25, 0.3) is 0 Å². The number of aromatic nitrogens is 2. The molecule has 1 N–H and O–H groups in total. The van der Waals surface area contributed by atoms with Crippen molar-refractivity contribution in [3.63, 3.8) is 0 Å². The van der Waals surface area contributed by atoms with E-state index in [0.29, 0.717) is 11.2 Å². The summed E-state index contributed by atoms with van der Waals surface area (Å²) in [5, 5.41) is 4.28. The van der Waals surface area contributed by atoms with Crippen LogP contribution in [0.2, 0.25) is 0 Å². The molecule has 5 nitrogen and oxygen atoms in total. The molecular formula is C29H28N4OS. The minimum Gasteiger partial charge on any atom is -0.457 e. The summed E-state index contributed by atoms with van der Waals surface area (Å²) in [4.78, 5) is 6.93. The number of hydrogen-bond donors (Lipinski definition) is 1. The van der Waals surface area contributed by atoms with E-state index in [1.54, 1.807) is 0 Å². The quantitative estimate of drug-likeness (QED) is 0.307. The SMILES string of the molecule is Cc1cc([C@H]2[C@H](c3ccccn3)NC(=S)N2c2ccc(Oc3ccccc3)cc2)c(C)n1C1CC1. The Morgan fingerprint density at radius 3 is 2.31 bits per heavy atom. The van der Waals surface area contributed by atoms with Crippen molar-refractivity contribution in [2.45, 2.75) is 44.8 Å². The number of thiocarbonyl (C=S) groups is 1. The van der Waals surface area contributed by atoms with Crippen molar-refractivity contribution in [2.75, 3.05) is 4.90 Å². The highest BCUT2D eigenvalue weighted by atomic mass is 32.1. The molecule has 3 heterocycles. The first-order valence-corrected chi connectivity index (χ1v) is 12.5. The van der Waals surface area contributed by atoms with Crippen LogP contribution in [0.25, 0.3) is 0 Å². The van der Waals surface area contributed by atoms with Crippen molar-refractivity contribution in [2.24, 2.45) is 0 Å². The Kier molecular flexibility index (Phi) is 5.53. The van der Waals surface area contributed by atoms with Crippen LogP contribution in [0, 0.1) is 13.8 Å². The summed E-state index contributed by atoms with van der Waals surface area (Å²) in [6.07, 6.45) is 4.36. The predicted molar refractivity (Wildman–Crippen MR) is 143 cm³/mol. The number of hydrogen-bond acceptors (Lipinski definition) is 3. The molecule has 1 aliphatic carbocycles. The molecule has 4 aromatic rings. The van der Waals surface area contributed by atoms with Crippen molar-refractivity contribution >= 4 is 23.0 Å². The Labute approximate surface area is 211 Å². The molecule has 2 aromatic heterocycles. The second-order valence-electron chi connectivity index (χ2n) is 9.33. The maximum absolute atomic E-state index is 6.02. The van der Waals surface area contributed by atoms with Crippen LogP contribution < -0.4 is 15.0 Å². The van der Waals surface area contributed by atoms with Crippen LogP contribution in [0.5, 0.6) is 11.5 Å². The maximum atomic E-state index is 6.02. The summed E-state index contributed by atoms with van der Waals surface area (Å²) in [5.74, 6) is 1.61. The van der Waals surface area contributed by atoms with Gasteiger partial charge < -0.3 is 19.5 Å². The monoisotopic (exact) mass is 480 g/mol. The third-order valence-corrected chi connectivity index (χ3v) is 7.26. The molecule has 1 saturated carbocycles. The molecule has 6 heteroatoms. The molecule has 2 atom stereocenters. The predicted octanol–water partition coefficient (Wildman–Crippen LogP) is 6.80. The molecule has 1 aliphatic heterocycles. The zero-order valence-corrected chi connectivity index (χ0v) is 20.7. The number of nitrogens with zero attached hydrogens (tertiary/aromatic N) is 3. The minimum atomic E-state index is -0.0444. The fourth-order valence-corrected chi connectivity index (χ4v) is 5.59. The van der Waals surface area contributed by atoms with Gasteiger partial charge in [0, 0.05) is 29.3 Å². The van der Waals surface area contributed by atoms with E-state index < -0.39 is 0 Å². The third kappa shape index (κ3) is 4.08. The van der Waals surface area contributed by atoms with E-state index in [2.05, 4.69) is 52.9 Å². The van der Waals surface area contributed by atoms with E-state index in [1.807, 2.05) is 60.8 Å². The lowest BCUT2D eigenvalue weighted by Crippen LogP contribution is -2.29. The number of para-hydroxylation sites is 1. The molecule has 2 fully saturated rings. The standard InChI is InChI=1S/C29H28N4OS/c1-19-18-25(20(2)32(19)21-11-12-21)28-27(26-10-6-7-17-30-26)31-29(35)33(28)22-13-15-24(16-14-22)34-23-8-4-3-5-9-23/h3-10,13-18,21,27-28H,11-12H2,1-2H3,(H,31,35)/t27-,28-/m0/s1. The van der Waals surface area contributed by atoms with Crippen LogP contribution in [0.15, 0.2) is 85.1 Å². The van der Waals surface area contributed by atoms with Gasteiger partial charge >= 0.3 is 0 Å². The lowest BCUT2D eigenvalue weighted by atomic mass is 9.96. The Bertz CT molecular complexity index is 1350. The van der Waals surface area contributed by atoms with Gasteiger partial charge in [-0.2, -0.15) is 0 Å². The van der Waals surface area contributed by atoms with Crippen molar-refractivity contribution in [3.8, 4) is 11.5 Å². The number of ether oxygens (including phenoxy) is 1. The third-order valence-electron chi connectivity index (χ3n) is 6.95. The van der Waals surface area contributed by atoms with Crippen molar-refractivity contribution < 1.29 is 4.74 Å². The van der Waals surface area contributed by atoms with Crippen LogP contribution >= 0.6 is 12.2 Å². The number of anilines is 1. The van der Waals surface area contributed by atoms with Gasteiger partial charge in [-0.3, -0.25) is 4.98 Å². The molecule has 0 unspecified atom stereocenters. The van der Waals surface area contributed by atoms with E-state index in [-0.39, 0.29) is 12.1 Å². The van der Waals surface area contributed by atoms with Gasteiger partial charge in [0.15, 0.2) is 5.11 Å². The van der Waals surface area contributed by atoms with Crippen molar-refractivity contribution in [1.82, 2.24) is 14.9 Å². The number of pyridine rings is 1. The molecule has 0 radical (unpaired) electrons. The van der Waals surface area contributed by atoms with Gasteiger partial charge in [-0.15, -0.1) is 0 Å². The molecular weight excluding hydrogens is 452 g/mol. The maximum Gasteiger partial charge on any atom is 0.174 e. The summed E-state index contributed by atoms with van der Waals surface area (Å²) in [7, 11) is 0. The zero-order valence-electron chi connectivity index (χ0n) is 19.9. The molecule has 0 bridgehead atoms. The highest BCUT2D eigenvalue weighted by Crippen LogP contribution is 2.46. The van der Waals surface area contributed by atoms with E-state index in [0.717, 1.165) is 22.9 Å². The zero-order chi connectivity index (χ0) is 23.9. The number of benzene rings is 2. The average molecular weight is 481 g/mol. The molecule has 0 amide bonds. The first kappa shape index (κ1) is 21.9. The smallest absolute Gasteiger partial charge is 0.174 e. The highest BCUT2D eigenvalue weighted by molar-refractivity contribution is 7.80. The summed E-state index contributed by atoms with van der Waals surface area (Å²) >= 11 is 5.91. The molecule has 176 valence electrons. The number of rotatable bonds is 6. The van der Waals surface area contributed by atoms with Crippen LogP contribution in [0.4, 0.5) is 5.69 Å². The Morgan fingerprint density at radius 1 is 0.914 bits per heavy atom. The summed E-state index contributed by atoms with van der Waals surface area (Å²) in [5.41, 5.74) is 5.94. The largest absolute Gasteiger partial charge is 0.457 e. The Balaban J connectivity index is 1.39. The van der Waals surface area contributed by atoms with Gasteiger partial charge in [0.05, 0.1) is 17.8 Å². The van der Waals surface area contributed by atoms with Gasteiger partial charge in [0.2, 0.25) is 0 Å². The summed E-state index contributed by atoms with van der Waals surface area (Å²) < 4.78 is 8.52. The first-order chi connectivity index (χ1) is 17.1. The van der Waals surface area contributed by atoms with Crippen LogP contribution in [0.1, 0.15) is 53.6 Å². The van der Waals surface area contributed by atoms with E-state index >= 15 is 0 Å². The molecule has 1 saturated heterocycles. The van der Waals surface area contributed by atoms with Gasteiger partial charge in [-0.25, -0.2) is 0 Å². The van der Waals surface area contributed by atoms with Crippen LogP contribution in [0.3, 0.4) is 0 Å². The average Bonchev–Trinajstić information content (AvgIpc) is 3.59. The van der Waals surface area contributed by atoms with Crippen LogP contribution in [-0.4, -0.2) is 14.7 Å². The van der Waals surface area contributed by atoms with Crippen LogP contribution in [-0.2, 0) is 0 Å². The minimum absolute atomic E-state index is 0.00279. The number of aryl methyl sites for hydroxylation is 1. The molecule has 2 aliphatic rings. The summed E-state index contributed by atoms with van der Waals surface area (Å²) in [6, 6.07) is 27.0. The molecule has 0 spiro atoms. The normalized spacial score (nSPS) is 19.6. The second kappa shape index (κ2) is 8.86. The molecule has 6 rings (SSSR count). The fourth-order valence-electron chi connectivity index (χ4n) is 5.25. The lowest BCUT2D eigenvalue weighted by Gasteiger charge is -2.28. The van der Waals surface area contributed by atoms with Gasteiger partial charge in [0.1, 0.15) is 11.5 Å². The van der Waals surface area contributed by atoms with E-state index in [9.17, 15) is 0 Å². The topological polar surface area (TPSA) is 42.3 Å². The van der Waals surface area contributed by atoms with Crippen molar-refractivity contribution in [3.05, 3.63) is 108 Å². The second-order valence-corrected chi connectivity index (χ2v) is 9.72. The van der Waals surface area contributed by atoms with E-state index in [1.165, 1.54) is 29.8 Å². The Morgan fingerprint density at radius 2 is 1.63 bits per heavy atom. The lowest BCUT2D eigenvalue weighted by molar-refractivity contribution is 0.482. The van der Waals surface area contributed by atoms with E-state index in [4.69, 9.17) is 21.9 Å². The van der Waals surface area contributed by atoms with Crippen molar-refractivity contribution in [1.29, 1.82) is 0 Å². The first-order valence-electron chi connectivity index (χ1n) is 12.1. The summed E-state index contributed by atoms with van der Waals surface area (Å²) in [6.45, 7) is 4.46. The van der Waals surface area contributed by atoms with Gasteiger partial charge in [-0.1, -0.05) is 24.3 Å². The Hall–Kier alpha value is -3.64.